The van der Waals surface area contributed by atoms with E-state index in [1.165, 1.54) is 12.8 Å². The molecule has 0 radical (unpaired) electrons. The fraction of sp³-hybridized carbons (Fsp3) is 0.375. The van der Waals surface area contributed by atoms with E-state index in [0.717, 1.165) is 11.4 Å². The molecule has 110 valence electrons. The molecule has 1 N–H and O–H groups in total. The highest BCUT2D eigenvalue weighted by Crippen LogP contribution is 2.41. The van der Waals surface area contributed by atoms with E-state index in [-0.39, 0.29) is 5.91 Å². The van der Waals surface area contributed by atoms with Gasteiger partial charge in [0.1, 0.15) is 0 Å². The Morgan fingerprint density at radius 2 is 2.14 bits per heavy atom. The average molecular weight is 285 g/mol. The number of benzene rings is 1. The second-order valence-corrected chi connectivity index (χ2v) is 5.22. The molecule has 1 aromatic carbocycles. The third-order valence-corrected chi connectivity index (χ3v) is 3.56. The van der Waals surface area contributed by atoms with Gasteiger partial charge in [-0.2, -0.15) is 5.10 Å². The zero-order chi connectivity index (χ0) is 14.7. The van der Waals surface area contributed by atoms with Crippen molar-refractivity contribution in [2.75, 3.05) is 20.3 Å². The molecule has 1 aromatic heterocycles. The Hall–Kier alpha value is -2.14. The van der Waals surface area contributed by atoms with Crippen molar-refractivity contribution in [2.24, 2.45) is 0 Å². The Balaban J connectivity index is 1.85. The van der Waals surface area contributed by atoms with Crippen molar-refractivity contribution in [1.82, 2.24) is 15.1 Å². The summed E-state index contributed by atoms with van der Waals surface area (Å²) in [5, 5.41) is 7.30. The van der Waals surface area contributed by atoms with E-state index in [4.69, 9.17) is 4.74 Å². The first-order valence-corrected chi connectivity index (χ1v) is 7.22. The summed E-state index contributed by atoms with van der Waals surface area (Å²) >= 11 is 0. The Bertz CT molecular complexity index is 618. The second-order valence-electron chi connectivity index (χ2n) is 5.22. The molecule has 3 rings (SSSR count). The number of carbonyl (C=O) groups is 1. The molecule has 0 bridgehead atoms. The largest absolute Gasteiger partial charge is 0.383 e. The monoisotopic (exact) mass is 285 g/mol. The van der Waals surface area contributed by atoms with Crippen molar-refractivity contribution in [3.8, 4) is 5.69 Å². The van der Waals surface area contributed by atoms with Gasteiger partial charge in [-0.05, 0) is 31.0 Å². The highest BCUT2D eigenvalue weighted by atomic mass is 16.5. The predicted octanol–water partition coefficient (Wildman–Crippen LogP) is 2.13. The Labute approximate surface area is 123 Å². The molecule has 0 spiro atoms. The van der Waals surface area contributed by atoms with Gasteiger partial charge in [0.15, 0.2) is 5.69 Å². The standard InChI is InChI=1S/C16H19N3O2/c1-21-10-9-17-16(20)14-11-15(12-7-8-12)19(18-14)13-5-3-2-4-6-13/h2-6,11-12H,7-10H2,1H3,(H,17,20). The van der Waals surface area contributed by atoms with Crippen LogP contribution in [0.25, 0.3) is 5.69 Å². The second kappa shape index (κ2) is 6.10. The minimum atomic E-state index is -0.149. The van der Waals surface area contributed by atoms with Crippen molar-refractivity contribution in [3.63, 3.8) is 0 Å². The summed E-state index contributed by atoms with van der Waals surface area (Å²) in [6.07, 6.45) is 2.34. The summed E-state index contributed by atoms with van der Waals surface area (Å²) in [4.78, 5) is 12.1. The molecule has 5 heteroatoms. The molecule has 1 fully saturated rings. The van der Waals surface area contributed by atoms with E-state index in [1.807, 2.05) is 41.1 Å². The van der Waals surface area contributed by atoms with Crippen molar-refractivity contribution < 1.29 is 9.53 Å². The van der Waals surface area contributed by atoms with Crippen LogP contribution in [0.15, 0.2) is 36.4 Å². The average Bonchev–Trinajstić information content (AvgIpc) is 3.27. The van der Waals surface area contributed by atoms with Crippen molar-refractivity contribution in [3.05, 3.63) is 47.8 Å². The van der Waals surface area contributed by atoms with E-state index in [0.29, 0.717) is 24.8 Å². The first-order chi connectivity index (χ1) is 10.3. The van der Waals surface area contributed by atoms with E-state index >= 15 is 0 Å². The van der Waals surface area contributed by atoms with Crippen LogP contribution in [0.2, 0.25) is 0 Å². The molecule has 0 unspecified atom stereocenters. The summed E-state index contributed by atoms with van der Waals surface area (Å²) in [6, 6.07) is 11.9. The van der Waals surface area contributed by atoms with E-state index < -0.39 is 0 Å². The van der Waals surface area contributed by atoms with Crippen LogP contribution in [-0.4, -0.2) is 35.9 Å². The molecule has 1 aliphatic rings. The lowest BCUT2D eigenvalue weighted by atomic mass is 10.2. The molecule has 0 saturated heterocycles. The van der Waals surface area contributed by atoms with Gasteiger partial charge >= 0.3 is 0 Å². The number of aromatic nitrogens is 2. The summed E-state index contributed by atoms with van der Waals surface area (Å²) in [5.74, 6) is 0.377. The van der Waals surface area contributed by atoms with Crippen LogP contribution in [0.1, 0.15) is 34.9 Å². The lowest BCUT2D eigenvalue weighted by Crippen LogP contribution is -2.27. The number of methoxy groups -OCH3 is 1. The zero-order valence-corrected chi connectivity index (χ0v) is 12.1. The van der Waals surface area contributed by atoms with Crippen LogP contribution in [0, 0.1) is 0 Å². The van der Waals surface area contributed by atoms with Crippen LogP contribution >= 0.6 is 0 Å². The van der Waals surface area contributed by atoms with Crippen molar-refractivity contribution in [2.45, 2.75) is 18.8 Å². The fourth-order valence-electron chi connectivity index (χ4n) is 2.31. The number of para-hydroxylation sites is 1. The van der Waals surface area contributed by atoms with Gasteiger partial charge in [0.2, 0.25) is 0 Å². The van der Waals surface area contributed by atoms with Crippen LogP contribution in [0.4, 0.5) is 0 Å². The van der Waals surface area contributed by atoms with E-state index in [1.54, 1.807) is 7.11 Å². The van der Waals surface area contributed by atoms with Gasteiger partial charge in [0.25, 0.3) is 5.91 Å². The number of nitrogens with zero attached hydrogens (tertiary/aromatic N) is 2. The smallest absolute Gasteiger partial charge is 0.271 e. The maximum atomic E-state index is 12.1. The molecule has 1 aliphatic carbocycles. The Kier molecular flexibility index (Phi) is 4.01. The maximum Gasteiger partial charge on any atom is 0.271 e. The minimum absolute atomic E-state index is 0.149. The Morgan fingerprint density at radius 3 is 2.81 bits per heavy atom. The maximum absolute atomic E-state index is 12.1. The molecular weight excluding hydrogens is 266 g/mol. The molecule has 2 aromatic rings. The molecule has 21 heavy (non-hydrogen) atoms. The molecule has 0 atom stereocenters. The van der Waals surface area contributed by atoms with Crippen LogP contribution in [0.5, 0.6) is 0 Å². The fourth-order valence-corrected chi connectivity index (χ4v) is 2.31. The first-order valence-electron chi connectivity index (χ1n) is 7.22. The number of rotatable bonds is 6. The number of hydrogen-bond donors (Lipinski definition) is 1. The third kappa shape index (κ3) is 3.13. The normalized spacial score (nSPS) is 14.1. The summed E-state index contributed by atoms with van der Waals surface area (Å²) < 4.78 is 6.83. The highest BCUT2D eigenvalue weighted by Gasteiger charge is 2.29. The van der Waals surface area contributed by atoms with Crippen LogP contribution < -0.4 is 5.32 Å². The van der Waals surface area contributed by atoms with Crippen molar-refractivity contribution in [1.29, 1.82) is 0 Å². The van der Waals surface area contributed by atoms with Gasteiger partial charge in [0, 0.05) is 25.3 Å². The van der Waals surface area contributed by atoms with E-state index in [9.17, 15) is 4.79 Å². The molecule has 1 heterocycles. The summed E-state index contributed by atoms with van der Waals surface area (Å²) in [7, 11) is 1.61. The van der Waals surface area contributed by atoms with Gasteiger partial charge in [-0.25, -0.2) is 4.68 Å². The lowest BCUT2D eigenvalue weighted by Gasteiger charge is -2.05. The lowest BCUT2D eigenvalue weighted by molar-refractivity contribution is 0.0931. The number of amides is 1. The minimum Gasteiger partial charge on any atom is -0.383 e. The van der Waals surface area contributed by atoms with Gasteiger partial charge in [-0.1, -0.05) is 18.2 Å². The SMILES string of the molecule is COCCNC(=O)c1cc(C2CC2)n(-c2ccccc2)n1. The zero-order valence-electron chi connectivity index (χ0n) is 12.1. The number of carbonyl (C=O) groups excluding carboxylic acids is 1. The van der Waals surface area contributed by atoms with Gasteiger partial charge in [0.05, 0.1) is 12.3 Å². The number of ether oxygens (including phenoxy) is 1. The van der Waals surface area contributed by atoms with Crippen LogP contribution in [-0.2, 0) is 4.74 Å². The quantitative estimate of drug-likeness (QED) is 0.827. The first kappa shape index (κ1) is 13.8. The molecule has 1 saturated carbocycles. The van der Waals surface area contributed by atoms with Gasteiger partial charge < -0.3 is 10.1 Å². The van der Waals surface area contributed by atoms with Crippen LogP contribution in [0.3, 0.4) is 0 Å². The molecule has 0 aliphatic heterocycles. The molecular formula is C16H19N3O2. The third-order valence-electron chi connectivity index (χ3n) is 3.56. The number of hydrogen-bond acceptors (Lipinski definition) is 3. The van der Waals surface area contributed by atoms with Crippen molar-refractivity contribution >= 4 is 5.91 Å². The summed E-state index contributed by atoms with van der Waals surface area (Å²) in [6.45, 7) is 0.993. The Morgan fingerprint density at radius 1 is 1.38 bits per heavy atom. The van der Waals surface area contributed by atoms with E-state index in [2.05, 4.69) is 10.4 Å². The molecule has 5 nitrogen and oxygen atoms in total. The molecule has 1 amide bonds. The number of nitrogens with one attached hydrogen (secondary N) is 1. The van der Waals surface area contributed by atoms with Gasteiger partial charge in [-0.15, -0.1) is 0 Å². The predicted molar refractivity (Wildman–Crippen MR) is 79.7 cm³/mol. The topological polar surface area (TPSA) is 56.1 Å². The summed E-state index contributed by atoms with van der Waals surface area (Å²) in [5.41, 5.74) is 2.59. The highest BCUT2D eigenvalue weighted by molar-refractivity contribution is 5.92. The van der Waals surface area contributed by atoms with Gasteiger partial charge in [-0.3, -0.25) is 4.79 Å².